The van der Waals surface area contributed by atoms with Crippen LogP contribution < -0.4 is 5.32 Å². The summed E-state index contributed by atoms with van der Waals surface area (Å²) in [5, 5.41) is 3.08. The summed E-state index contributed by atoms with van der Waals surface area (Å²) in [6.45, 7) is 2.19. The van der Waals surface area contributed by atoms with Gasteiger partial charge in [0.25, 0.3) is 0 Å². The number of ether oxygens (including phenoxy) is 1. The first-order valence-electron chi connectivity index (χ1n) is 9.20. The molecule has 4 nitrogen and oxygen atoms in total. The van der Waals surface area contributed by atoms with Crippen LogP contribution in [0.1, 0.15) is 37.7 Å². The maximum absolute atomic E-state index is 13.4. The van der Waals surface area contributed by atoms with Gasteiger partial charge in [0.15, 0.2) is 11.6 Å². The van der Waals surface area contributed by atoms with Crippen LogP contribution in [0.25, 0.3) is 0 Å². The third kappa shape index (κ3) is 3.70. The second-order valence-corrected chi connectivity index (χ2v) is 7.57. The molecule has 2 saturated heterocycles. The van der Waals surface area contributed by atoms with Gasteiger partial charge in [0.1, 0.15) is 6.10 Å². The molecule has 3 atom stereocenters. The van der Waals surface area contributed by atoms with Crippen molar-refractivity contribution in [2.24, 2.45) is 5.92 Å². The normalized spacial score (nSPS) is 29.9. The van der Waals surface area contributed by atoms with Crippen LogP contribution in [0.3, 0.4) is 0 Å². The molecule has 4 rings (SSSR count). The van der Waals surface area contributed by atoms with E-state index < -0.39 is 11.6 Å². The van der Waals surface area contributed by atoms with Crippen molar-refractivity contribution in [1.82, 2.24) is 10.2 Å². The zero-order valence-corrected chi connectivity index (χ0v) is 14.2. The summed E-state index contributed by atoms with van der Waals surface area (Å²) in [7, 11) is 0. The minimum Gasteiger partial charge on any atom is -0.364 e. The highest BCUT2D eigenvalue weighted by atomic mass is 19.2. The molecule has 1 amide bonds. The van der Waals surface area contributed by atoms with E-state index in [2.05, 4.69) is 10.2 Å². The monoisotopic (exact) mass is 350 g/mol. The van der Waals surface area contributed by atoms with Crippen LogP contribution in [0.5, 0.6) is 0 Å². The largest absolute Gasteiger partial charge is 0.364 e. The summed E-state index contributed by atoms with van der Waals surface area (Å²) in [5.74, 6) is -1.18. The van der Waals surface area contributed by atoms with E-state index in [0.29, 0.717) is 18.5 Å². The average Bonchev–Trinajstić information content (AvgIpc) is 2.97. The van der Waals surface area contributed by atoms with Crippen LogP contribution in [0, 0.1) is 17.6 Å². The van der Waals surface area contributed by atoms with Crippen molar-refractivity contribution >= 4 is 5.91 Å². The first-order valence-corrected chi connectivity index (χ1v) is 9.20. The molecule has 1 saturated carbocycles. The van der Waals surface area contributed by atoms with Crippen molar-refractivity contribution in [3.05, 3.63) is 35.4 Å². The molecule has 1 aromatic rings. The van der Waals surface area contributed by atoms with Gasteiger partial charge in [-0.2, -0.15) is 0 Å². The Balaban J connectivity index is 1.31. The summed E-state index contributed by atoms with van der Waals surface area (Å²) in [6.07, 6.45) is 4.83. The van der Waals surface area contributed by atoms with E-state index in [0.717, 1.165) is 44.3 Å². The number of benzene rings is 1. The van der Waals surface area contributed by atoms with Crippen LogP contribution in [0.4, 0.5) is 8.78 Å². The Kier molecular flexibility index (Phi) is 4.73. The van der Waals surface area contributed by atoms with Crippen molar-refractivity contribution in [1.29, 1.82) is 0 Å². The molecule has 0 aromatic heterocycles. The van der Waals surface area contributed by atoms with Crippen LogP contribution in [-0.2, 0) is 16.1 Å². The topological polar surface area (TPSA) is 41.6 Å². The molecule has 1 aliphatic carbocycles. The smallest absolute Gasteiger partial charge is 0.249 e. The molecule has 136 valence electrons. The Morgan fingerprint density at radius 1 is 1.24 bits per heavy atom. The number of fused-ring (bicyclic) bond motifs is 1. The molecule has 2 aliphatic heterocycles. The van der Waals surface area contributed by atoms with Gasteiger partial charge >= 0.3 is 0 Å². The molecule has 0 radical (unpaired) electrons. The van der Waals surface area contributed by atoms with Gasteiger partial charge < -0.3 is 10.1 Å². The maximum atomic E-state index is 13.4. The zero-order chi connectivity index (χ0) is 17.4. The maximum Gasteiger partial charge on any atom is 0.249 e. The highest BCUT2D eigenvalue weighted by molar-refractivity contribution is 5.81. The number of rotatable bonds is 4. The van der Waals surface area contributed by atoms with E-state index in [-0.39, 0.29) is 18.1 Å². The number of halogens is 2. The van der Waals surface area contributed by atoms with Gasteiger partial charge in [-0.25, -0.2) is 8.78 Å². The predicted molar refractivity (Wildman–Crippen MR) is 88.8 cm³/mol. The number of amides is 1. The lowest BCUT2D eigenvalue weighted by atomic mass is 9.90. The highest BCUT2D eigenvalue weighted by Crippen LogP contribution is 2.34. The van der Waals surface area contributed by atoms with E-state index in [1.54, 1.807) is 6.07 Å². The molecule has 0 spiro atoms. The molecule has 6 heteroatoms. The van der Waals surface area contributed by atoms with Crippen molar-refractivity contribution in [2.45, 2.75) is 56.9 Å². The predicted octanol–water partition coefficient (Wildman–Crippen LogP) is 2.61. The Morgan fingerprint density at radius 2 is 2.08 bits per heavy atom. The lowest BCUT2D eigenvalue weighted by Crippen LogP contribution is -2.45. The number of hydrogen-bond donors (Lipinski definition) is 1. The molecule has 25 heavy (non-hydrogen) atoms. The van der Waals surface area contributed by atoms with Crippen molar-refractivity contribution in [3.8, 4) is 0 Å². The van der Waals surface area contributed by atoms with Crippen molar-refractivity contribution in [3.63, 3.8) is 0 Å². The first-order chi connectivity index (χ1) is 12.1. The fourth-order valence-corrected chi connectivity index (χ4v) is 4.05. The van der Waals surface area contributed by atoms with Gasteiger partial charge in [-0.1, -0.05) is 6.07 Å². The number of nitrogens with one attached hydrogen (secondary N) is 1. The summed E-state index contributed by atoms with van der Waals surface area (Å²) in [6, 6.07) is 4.38. The van der Waals surface area contributed by atoms with Gasteiger partial charge in [0.05, 0.1) is 6.10 Å². The van der Waals surface area contributed by atoms with E-state index >= 15 is 0 Å². The zero-order valence-electron chi connectivity index (χ0n) is 14.2. The third-order valence-corrected chi connectivity index (χ3v) is 5.77. The standard InChI is InChI=1S/C19H24F2N2O2/c20-15-5-4-12(8-16(15)21)10-23-7-6-13-9-17(25-18(13)11-23)19(24)22-14-2-1-3-14/h4-5,8,13-14,17-18H,1-3,6-7,9-11H2,(H,22,24)/t13-,17-,18+/m0/s1. The quantitative estimate of drug-likeness (QED) is 0.908. The minimum absolute atomic E-state index is 0.0336. The van der Waals surface area contributed by atoms with Gasteiger partial charge in [0, 0.05) is 19.1 Å². The number of hydrogen-bond acceptors (Lipinski definition) is 3. The van der Waals surface area contributed by atoms with Crippen molar-refractivity contribution in [2.75, 3.05) is 13.1 Å². The van der Waals surface area contributed by atoms with Gasteiger partial charge in [0.2, 0.25) is 5.91 Å². The van der Waals surface area contributed by atoms with Crippen LogP contribution in [-0.4, -0.2) is 42.1 Å². The molecule has 3 aliphatic rings. The number of likely N-dealkylation sites (tertiary alicyclic amines) is 1. The lowest BCUT2D eigenvalue weighted by Gasteiger charge is -2.34. The van der Waals surface area contributed by atoms with Gasteiger partial charge in [-0.05, 0) is 62.3 Å². The van der Waals surface area contributed by atoms with E-state index in [9.17, 15) is 13.6 Å². The fourth-order valence-electron chi connectivity index (χ4n) is 4.05. The van der Waals surface area contributed by atoms with Crippen molar-refractivity contribution < 1.29 is 18.3 Å². The Bertz CT molecular complexity index is 650. The average molecular weight is 350 g/mol. The minimum atomic E-state index is -0.818. The third-order valence-electron chi connectivity index (χ3n) is 5.77. The van der Waals surface area contributed by atoms with Crippen LogP contribution >= 0.6 is 0 Å². The highest BCUT2D eigenvalue weighted by Gasteiger charge is 2.42. The van der Waals surface area contributed by atoms with Crippen LogP contribution in [0.15, 0.2) is 18.2 Å². The van der Waals surface area contributed by atoms with E-state index in [4.69, 9.17) is 4.74 Å². The summed E-state index contributed by atoms with van der Waals surface area (Å²) >= 11 is 0. The fraction of sp³-hybridized carbons (Fsp3) is 0.632. The SMILES string of the molecule is O=C(NC1CCC1)[C@@H]1C[C@@H]2CCN(Cc3ccc(F)c(F)c3)C[C@H]2O1. The number of nitrogens with zero attached hydrogens (tertiary/aromatic N) is 1. The molecule has 0 unspecified atom stereocenters. The molecular formula is C19H24F2N2O2. The molecule has 3 fully saturated rings. The second-order valence-electron chi connectivity index (χ2n) is 7.57. The Labute approximate surface area is 146 Å². The Hall–Kier alpha value is -1.53. The molecular weight excluding hydrogens is 326 g/mol. The lowest BCUT2D eigenvalue weighted by molar-refractivity contribution is -0.134. The number of carbonyl (C=O) groups is 1. The van der Waals surface area contributed by atoms with E-state index in [1.165, 1.54) is 18.6 Å². The molecule has 1 aromatic carbocycles. The van der Waals surface area contributed by atoms with Gasteiger partial charge in [-0.3, -0.25) is 9.69 Å². The first kappa shape index (κ1) is 16.9. The Morgan fingerprint density at radius 3 is 2.80 bits per heavy atom. The summed E-state index contributed by atoms with van der Waals surface area (Å²) in [4.78, 5) is 14.5. The summed E-state index contributed by atoms with van der Waals surface area (Å²) < 4.78 is 32.4. The summed E-state index contributed by atoms with van der Waals surface area (Å²) in [5.41, 5.74) is 0.759. The van der Waals surface area contributed by atoms with E-state index in [1.807, 2.05) is 0 Å². The number of piperidine rings is 1. The molecule has 1 N–H and O–H groups in total. The molecule has 2 heterocycles. The van der Waals surface area contributed by atoms with Crippen LogP contribution in [0.2, 0.25) is 0 Å². The molecule has 0 bridgehead atoms. The second kappa shape index (κ2) is 7.00. The number of carbonyl (C=O) groups excluding carboxylic acids is 1. The van der Waals surface area contributed by atoms with Gasteiger partial charge in [-0.15, -0.1) is 0 Å².